The first kappa shape index (κ1) is 14.6. The number of nitrogens with zero attached hydrogens (tertiary/aromatic N) is 1. The molecule has 0 unspecified atom stereocenters. The van der Waals surface area contributed by atoms with E-state index in [-0.39, 0.29) is 12.5 Å². The van der Waals surface area contributed by atoms with Gasteiger partial charge >= 0.3 is 0 Å². The van der Waals surface area contributed by atoms with E-state index in [1.54, 1.807) is 6.07 Å². The zero-order valence-corrected chi connectivity index (χ0v) is 11.8. The van der Waals surface area contributed by atoms with Gasteiger partial charge < -0.3 is 5.11 Å². The third kappa shape index (κ3) is 3.83. The second-order valence-electron chi connectivity index (χ2n) is 5.00. The van der Waals surface area contributed by atoms with Gasteiger partial charge in [0.25, 0.3) is 5.91 Å². The fraction of sp³-hybridized carbons (Fsp3) is 0.438. The van der Waals surface area contributed by atoms with Crippen LogP contribution in [0.2, 0.25) is 0 Å². The van der Waals surface area contributed by atoms with Crippen LogP contribution in [0.1, 0.15) is 40.7 Å². The number of rotatable bonds is 2. The summed E-state index contributed by atoms with van der Waals surface area (Å²) in [5, 5.41) is 10.8. The molecule has 4 nitrogen and oxygen atoms in total. The number of aliphatic hydroxyl groups is 1. The maximum absolute atomic E-state index is 12.3. The van der Waals surface area contributed by atoms with E-state index in [0.717, 1.165) is 31.5 Å². The normalized spacial score (nSPS) is 15.3. The average Bonchev–Trinajstić information content (AvgIpc) is 2.46. The van der Waals surface area contributed by atoms with Gasteiger partial charge in [-0.15, -0.1) is 0 Å². The van der Waals surface area contributed by atoms with Gasteiger partial charge in [-0.2, -0.15) is 0 Å². The lowest BCUT2D eigenvalue weighted by atomic mass is 10.0. The predicted molar refractivity (Wildman–Crippen MR) is 78.0 cm³/mol. The highest BCUT2D eigenvalue weighted by Gasteiger charge is 2.16. The number of piperidine rings is 1. The van der Waals surface area contributed by atoms with Crippen LogP contribution < -0.4 is 5.43 Å². The van der Waals surface area contributed by atoms with Crippen molar-refractivity contribution in [1.82, 2.24) is 10.4 Å². The van der Waals surface area contributed by atoms with Crippen molar-refractivity contribution in [2.45, 2.75) is 26.2 Å². The fourth-order valence-electron chi connectivity index (χ4n) is 2.30. The van der Waals surface area contributed by atoms with Crippen LogP contribution >= 0.6 is 0 Å². The number of hydrogen-bond donors (Lipinski definition) is 2. The Morgan fingerprint density at radius 3 is 2.80 bits per heavy atom. The van der Waals surface area contributed by atoms with Gasteiger partial charge in [0.15, 0.2) is 0 Å². The van der Waals surface area contributed by atoms with Crippen molar-refractivity contribution in [1.29, 1.82) is 0 Å². The summed E-state index contributed by atoms with van der Waals surface area (Å²) < 4.78 is 0. The van der Waals surface area contributed by atoms with Crippen LogP contribution in [0.3, 0.4) is 0 Å². The van der Waals surface area contributed by atoms with Crippen LogP contribution in [0.5, 0.6) is 0 Å². The maximum Gasteiger partial charge on any atom is 0.266 e. The lowest BCUT2D eigenvalue weighted by molar-refractivity contribution is 0.0750. The van der Waals surface area contributed by atoms with Crippen molar-refractivity contribution in [3.05, 3.63) is 34.9 Å². The van der Waals surface area contributed by atoms with Crippen molar-refractivity contribution >= 4 is 5.91 Å². The molecule has 0 radical (unpaired) electrons. The first-order valence-corrected chi connectivity index (χ1v) is 6.97. The highest BCUT2D eigenvalue weighted by molar-refractivity contribution is 5.96. The molecular weight excluding hydrogens is 252 g/mol. The van der Waals surface area contributed by atoms with Gasteiger partial charge in [0.05, 0.1) is 5.56 Å². The van der Waals surface area contributed by atoms with Crippen LogP contribution in [0, 0.1) is 18.8 Å². The molecule has 4 heteroatoms. The van der Waals surface area contributed by atoms with Crippen LogP contribution in [-0.2, 0) is 0 Å². The molecule has 0 atom stereocenters. The van der Waals surface area contributed by atoms with Crippen LogP contribution in [0.15, 0.2) is 18.2 Å². The molecule has 1 heterocycles. The Hall–Kier alpha value is -1.83. The standard InChI is InChI=1S/C16H20N2O2/c1-13-7-8-15(14(12-13)6-5-11-19)16(20)17-18-9-3-2-4-10-18/h7-8,12,19H,2-4,9-11H2,1H3,(H,17,20). The van der Waals surface area contributed by atoms with Crippen LogP contribution in [-0.4, -0.2) is 35.7 Å². The first-order valence-electron chi connectivity index (χ1n) is 6.97. The van der Waals surface area contributed by atoms with E-state index in [0.29, 0.717) is 11.1 Å². The molecule has 0 saturated carbocycles. The minimum absolute atomic E-state index is 0.130. The molecule has 0 aromatic heterocycles. The van der Waals surface area contributed by atoms with Crippen LogP contribution in [0.25, 0.3) is 0 Å². The molecule has 1 fully saturated rings. The third-order valence-corrected chi connectivity index (χ3v) is 3.34. The third-order valence-electron chi connectivity index (χ3n) is 3.34. The Balaban J connectivity index is 2.15. The van der Waals surface area contributed by atoms with E-state index in [4.69, 9.17) is 5.11 Å². The van der Waals surface area contributed by atoms with E-state index in [1.165, 1.54) is 6.42 Å². The number of aliphatic hydroxyl groups excluding tert-OH is 1. The largest absolute Gasteiger partial charge is 0.384 e. The molecule has 1 aromatic rings. The molecular formula is C16H20N2O2. The lowest BCUT2D eigenvalue weighted by Crippen LogP contribution is -2.45. The molecule has 1 saturated heterocycles. The molecule has 0 spiro atoms. The van der Waals surface area contributed by atoms with Crippen molar-refractivity contribution in [3.63, 3.8) is 0 Å². The smallest absolute Gasteiger partial charge is 0.266 e. The number of aryl methyl sites for hydroxylation is 1. The average molecular weight is 272 g/mol. The van der Waals surface area contributed by atoms with Gasteiger partial charge in [0.1, 0.15) is 6.61 Å². The van der Waals surface area contributed by atoms with Crippen molar-refractivity contribution in [2.75, 3.05) is 19.7 Å². The summed E-state index contributed by atoms with van der Waals surface area (Å²) in [5.74, 6) is 5.31. The van der Waals surface area contributed by atoms with Gasteiger partial charge in [-0.3, -0.25) is 10.2 Å². The molecule has 1 aromatic carbocycles. The van der Waals surface area contributed by atoms with Gasteiger partial charge in [0.2, 0.25) is 0 Å². The Kier molecular flexibility index (Phi) is 5.16. The fourth-order valence-corrected chi connectivity index (χ4v) is 2.30. The minimum Gasteiger partial charge on any atom is -0.384 e. The number of hydrazine groups is 1. The molecule has 0 bridgehead atoms. The van der Waals surface area contributed by atoms with E-state index < -0.39 is 0 Å². The molecule has 1 amide bonds. The summed E-state index contributed by atoms with van der Waals surface area (Å²) >= 11 is 0. The number of nitrogens with one attached hydrogen (secondary N) is 1. The number of amides is 1. The minimum atomic E-state index is -0.207. The first-order chi connectivity index (χ1) is 9.70. The van der Waals surface area contributed by atoms with Gasteiger partial charge in [-0.25, -0.2) is 5.01 Å². The van der Waals surface area contributed by atoms with Gasteiger partial charge in [-0.1, -0.05) is 24.3 Å². The number of carbonyl (C=O) groups excluding carboxylic acids is 1. The van der Waals surface area contributed by atoms with E-state index in [9.17, 15) is 4.79 Å². The Bertz CT molecular complexity index is 537. The monoisotopic (exact) mass is 272 g/mol. The Morgan fingerprint density at radius 2 is 2.10 bits per heavy atom. The zero-order valence-electron chi connectivity index (χ0n) is 11.8. The summed E-state index contributed by atoms with van der Waals surface area (Å²) in [7, 11) is 0. The molecule has 1 aliphatic heterocycles. The number of hydrogen-bond acceptors (Lipinski definition) is 3. The summed E-state index contributed by atoms with van der Waals surface area (Å²) in [6.07, 6.45) is 3.46. The molecule has 2 N–H and O–H groups in total. The summed E-state index contributed by atoms with van der Waals surface area (Å²) in [6, 6.07) is 5.55. The topological polar surface area (TPSA) is 52.6 Å². The summed E-state index contributed by atoms with van der Waals surface area (Å²) in [4.78, 5) is 12.3. The van der Waals surface area contributed by atoms with Crippen molar-refractivity contribution in [2.24, 2.45) is 0 Å². The van der Waals surface area contributed by atoms with Crippen molar-refractivity contribution < 1.29 is 9.90 Å². The molecule has 20 heavy (non-hydrogen) atoms. The summed E-state index contributed by atoms with van der Waals surface area (Å²) in [5.41, 5.74) is 5.20. The van der Waals surface area contributed by atoms with Gasteiger partial charge in [0, 0.05) is 18.7 Å². The Labute approximate surface area is 119 Å². The highest BCUT2D eigenvalue weighted by Crippen LogP contribution is 2.12. The second kappa shape index (κ2) is 7.09. The zero-order chi connectivity index (χ0) is 14.4. The predicted octanol–water partition coefficient (Wildman–Crippen LogP) is 1.47. The maximum atomic E-state index is 12.3. The van der Waals surface area contributed by atoms with Crippen molar-refractivity contribution in [3.8, 4) is 11.8 Å². The van der Waals surface area contributed by atoms with E-state index in [1.807, 2.05) is 24.1 Å². The molecule has 106 valence electrons. The second-order valence-corrected chi connectivity index (χ2v) is 5.00. The SMILES string of the molecule is Cc1ccc(C(=O)NN2CCCCC2)c(C#CCO)c1. The van der Waals surface area contributed by atoms with Crippen LogP contribution in [0.4, 0.5) is 0 Å². The molecule has 1 aliphatic rings. The number of carbonyl (C=O) groups is 1. The quantitative estimate of drug-likeness (QED) is 0.802. The van der Waals surface area contributed by atoms with Gasteiger partial charge in [-0.05, 0) is 37.5 Å². The molecule has 2 rings (SSSR count). The van der Waals surface area contributed by atoms with E-state index in [2.05, 4.69) is 17.3 Å². The lowest BCUT2D eigenvalue weighted by Gasteiger charge is -2.27. The Morgan fingerprint density at radius 1 is 1.35 bits per heavy atom. The number of benzene rings is 1. The van der Waals surface area contributed by atoms with E-state index >= 15 is 0 Å². The highest BCUT2D eigenvalue weighted by atomic mass is 16.2. The molecule has 0 aliphatic carbocycles. The summed E-state index contributed by atoms with van der Waals surface area (Å²) in [6.45, 7) is 3.54.